The summed E-state index contributed by atoms with van der Waals surface area (Å²) in [6.07, 6.45) is 4.51. The molecule has 8 heteroatoms. The Kier molecular flexibility index (Phi) is 5.76. The number of carbonyl (C=O) groups is 1. The van der Waals surface area contributed by atoms with Gasteiger partial charge in [-0.25, -0.2) is 9.78 Å². The highest BCUT2D eigenvalue weighted by Gasteiger charge is 2.24. The SMILES string of the molecule is Cc1cccc(Cc2cnc(NC(=O)N[C@@H](c3nnc4ccccn34)C(C)C)s2)c1. The van der Waals surface area contributed by atoms with E-state index in [0.29, 0.717) is 11.0 Å². The Labute approximate surface area is 179 Å². The lowest BCUT2D eigenvalue weighted by molar-refractivity contribution is 0.243. The van der Waals surface area contributed by atoms with Gasteiger partial charge in [-0.15, -0.1) is 21.5 Å². The summed E-state index contributed by atoms with van der Waals surface area (Å²) in [5.41, 5.74) is 3.21. The van der Waals surface area contributed by atoms with Crippen LogP contribution in [0.2, 0.25) is 0 Å². The zero-order valence-electron chi connectivity index (χ0n) is 17.2. The highest BCUT2D eigenvalue weighted by Crippen LogP contribution is 2.23. The average Bonchev–Trinajstić information content (AvgIpc) is 3.33. The molecule has 0 fully saturated rings. The monoisotopic (exact) mass is 420 g/mol. The van der Waals surface area contributed by atoms with E-state index in [9.17, 15) is 4.79 Å². The van der Waals surface area contributed by atoms with Gasteiger partial charge in [-0.3, -0.25) is 9.72 Å². The van der Waals surface area contributed by atoms with Crippen LogP contribution in [0.4, 0.5) is 9.93 Å². The lowest BCUT2D eigenvalue weighted by Gasteiger charge is -2.20. The molecule has 0 spiro atoms. The highest BCUT2D eigenvalue weighted by molar-refractivity contribution is 7.15. The summed E-state index contributed by atoms with van der Waals surface area (Å²) in [5.74, 6) is 0.839. The fourth-order valence-electron chi connectivity index (χ4n) is 3.35. The quantitative estimate of drug-likeness (QED) is 0.477. The highest BCUT2D eigenvalue weighted by atomic mass is 32.1. The van der Waals surface area contributed by atoms with Crippen molar-refractivity contribution in [1.29, 1.82) is 0 Å². The maximum Gasteiger partial charge on any atom is 0.321 e. The zero-order valence-corrected chi connectivity index (χ0v) is 18.0. The van der Waals surface area contributed by atoms with Crippen LogP contribution >= 0.6 is 11.3 Å². The average molecular weight is 421 g/mol. The van der Waals surface area contributed by atoms with Crippen LogP contribution in [0.25, 0.3) is 5.65 Å². The predicted molar refractivity (Wildman–Crippen MR) is 119 cm³/mol. The number of amides is 2. The number of anilines is 1. The minimum absolute atomic E-state index is 0.136. The molecule has 0 aliphatic rings. The van der Waals surface area contributed by atoms with Gasteiger partial charge in [-0.05, 0) is 30.5 Å². The molecule has 2 N–H and O–H groups in total. The molecule has 3 heterocycles. The van der Waals surface area contributed by atoms with Gasteiger partial charge in [0.25, 0.3) is 0 Å². The lowest BCUT2D eigenvalue weighted by Crippen LogP contribution is -2.36. The first-order valence-corrected chi connectivity index (χ1v) is 10.7. The number of thiazole rings is 1. The van der Waals surface area contributed by atoms with Gasteiger partial charge in [0.05, 0.1) is 6.04 Å². The molecular weight excluding hydrogens is 396 g/mol. The van der Waals surface area contributed by atoms with E-state index in [1.54, 1.807) is 0 Å². The molecule has 4 aromatic rings. The van der Waals surface area contributed by atoms with Crippen molar-refractivity contribution in [1.82, 2.24) is 24.9 Å². The Hall–Kier alpha value is -3.26. The summed E-state index contributed by atoms with van der Waals surface area (Å²) in [4.78, 5) is 18.1. The number of benzene rings is 1. The van der Waals surface area contributed by atoms with Crippen molar-refractivity contribution in [3.05, 3.63) is 76.7 Å². The van der Waals surface area contributed by atoms with Gasteiger partial charge in [-0.2, -0.15) is 0 Å². The van der Waals surface area contributed by atoms with Crippen LogP contribution in [-0.4, -0.2) is 25.6 Å². The van der Waals surface area contributed by atoms with Crippen molar-refractivity contribution in [3.63, 3.8) is 0 Å². The Bertz CT molecular complexity index is 1170. The fraction of sp³-hybridized carbons (Fsp3) is 0.273. The third-order valence-electron chi connectivity index (χ3n) is 4.81. The van der Waals surface area contributed by atoms with E-state index in [1.165, 1.54) is 22.5 Å². The van der Waals surface area contributed by atoms with Crippen LogP contribution in [0.15, 0.2) is 54.9 Å². The number of pyridine rings is 1. The van der Waals surface area contributed by atoms with E-state index in [0.717, 1.165) is 16.9 Å². The van der Waals surface area contributed by atoms with Crippen LogP contribution in [0.1, 0.15) is 41.7 Å². The van der Waals surface area contributed by atoms with Gasteiger partial charge in [0, 0.05) is 23.7 Å². The summed E-state index contributed by atoms with van der Waals surface area (Å²) in [5, 5.41) is 14.9. The normalized spacial score (nSPS) is 12.3. The second kappa shape index (κ2) is 8.62. The molecule has 0 aliphatic carbocycles. The second-order valence-corrected chi connectivity index (χ2v) is 8.72. The molecule has 0 aliphatic heterocycles. The smallest absolute Gasteiger partial charge is 0.321 e. The number of nitrogens with zero attached hydrogens (tertiary/aromatic N) is 4. The van der Waals surface area contributed by atoms with E-state index in [1.807, 2.05) is 48.8 Å². The number of hydrogen-bond donors (Lipinski definition) is 2. The van der Waals surface area contributed by atoms with E-state index < -0.39 is 0 Å². The lowest BCUT2D eigenvalue weighted by atomic mass is 10.0. The summed E-state index contributed by atoms with van der Waals surface area (Å²) in [6.45, 7) is 6.16. The summed E-state index contributed by atoms with van der Waals surface area (Å²) >= 11 is 1.48. The van der Waals surface area contributed by atoms with E-state index in [-0.39, 0.29) is 18.0 Å². The van der Waals surface area contributed by atoms with Gasteiger partial charge in [0.15, 0.2) is 16.6 Å². The molecule has 1 aromatic carbocycles. The van der Waals surface area contributed by atoms with E-state index in [2.05, 4.69) is 57.0 Å². The minimum atomic E-state index is -0.308. The first-order chi connectivity index (χ1) is 14.5. The van der Waals surface area contributed by atoms with Gasteiger partial charge in [0.1, 0.15) is 0 Å². The van der Waals surface area contributed by atoms with Crippen molar-refractivity contribution in [2.45, 2.75) is 33.2 Å². The van der Waals surface area contributed by atoms with Gasteiger partial charge < -0.3 is 5.32 Å². The summed E-state index contributed by atoms with van der Waals surface area (Å²) in [6, 6.07) is 13.5. The molecule has 0 radical (unpaired) electrons. The van der Waals surface area contributed by atoms with Crippen LogP contribution in [-0.2, 0) is 6.42 Å². The Balaban J connectivity index is 1.44. The zero-order chi connectivity index (χ0) is 21.1. The maximum absolute atomic E-state index is 12.7. The van der Waals surface area contributed by atoms with Crippen molar-refractivity contribution in [3.8, 4) is 0 Å². The van der Waals surface area contributed by atoms with E-state index in [4.69, 9.17) is 0 Å². The van der Waals surface area contributed by atoms with Gasteiger partial charge in [-0.1, -0.05) is 49.7 Å². The number of nitrogens with one attached hydrogen (secondary N) is 2. The third kappa shape index (κ3) is 4.49. The number of rotatable bonds is 6. The summed E-state index contributed by atoms with van der Waals surface area (Å²) < 4.78 is 1.90. The topological polar surface area (TPSA) is 84.2 Å². The summed E-state index contributed by atoms with van der Waals surface area (Å²) in [7, 11) is 0. The van der Waals surface area contributed by atoms with E-state index >= 15 is 0 Å². The standard InChI is InChI=1S/C22H24N6OS/c1-14(2)19(20-27-26-18-9-4-5-10-28(18)20)24-21(29)25-22-23-13-17(30-22)12-16-8-6-7-15(3)11-16/h4-11,13-14,19H,12H2,1-3H3,(H2,23,24,25,29)/t19-/m1/s1. The molecule has 0 bridgehead atoms. The predicted octanol–water partition coefficient (Wildman–Crippen LogP) is 4.60. The van der Waals surface area contributed by atoms with Crippen LogP contribution < -0.4 is 10.6 Å². The first kappa shape index (κ1) is 20.0. The largest absolute Gasteiger partial charge is 0.328 e. The molecule has 7 nitrogen and oxygen atoms in total. The van der Waals surface area contributed by atoms with Crippen molar-refractivity contribution in [2.75, 3.05) is 5.32 Å². The first-order valence-electron chi connectivity index (χ1n) is 9.87. The maximum atomic E-state index is 12.7. The van der Waals surface area contributed by atoms with Gasteiger partial charge >= 0.3 is 6.03 Å². The fourth-order valence-corrected chi connectivity index (χ4v) is 4.19. The van der Waals surface area contributed by atoms with Crippen molar-refractivity contribution in [2.24, 2.45) is 5.92 Å². The number of hydrogen-bond acceptors (Lipinski definition) is 5. The number of aromatic nitrogens is 4. The molecule has 0 saturated carbocycles. The Morgan fingerprint density at radius 2 is 2.03 bits per heavy atom. The molecule has 0 unspecified atom stereocenters. The number of fused-ring (bicyclic) bond motifs is 1. The molecule has 30 heavy (non-hydrogen) atoms. The number of carbonyl (C=O) groups excluding carboxylic acids is 1. The molecule has 154 valence electrons. The van der Waals surface area contributed by atoms with Crippen LogP contribution in [0.3, 0.4) is 0 Å². The molecule has 0 saturated heterocycles. The molecule has 4 rings (SSSR count). The Morgan fingerprint density at radius 3 is 2.83 bits per heavy atom. The second-order valence-electron chi connectivity index (χ2n) is 7.60. The molecular formula is C22H24N6OS. The van der Waals surface area contributed by atoms with Crippen molar-refractivity contribution < 1.29 is 4.79 Å². The van der Waals surface area contributed by atoms with Crippen LogP contribution in [0.5, 0.6) is 0 Å². The number of urea groups is 1. The van der Waals surface area contributed by atoms with Crippen LogP contribution in [0, 0.1) is 12.8 Å². The van der Waals surface area contributed by atoms with Gasteiger partial charge in [0.2, 0.25) is 0 Å². The molecule has 1 atom stereocenters. The van der Waals surface area contributed by atoms with Crippen molar-refractivity contribution >= 4 is 28.1 Å². The minimum Gasteiger partial charge on any atom is -0.328 e. The third-order valence-corrected chi connectivity index (χ3v) is 5.72. The Morgan fingerprint density at radius 1 is 1.17 bits per heavy atom. The molecule has 2 amide bonds. The molecule has 3 aromatic heterocycles. The number of aryl methyl sites for hydroxylation is 1.